The molecular formula is C8H10O6. The maximum Gasteiger partial charge on any atom is 0.377 e. The van der Waals surface area contributed by atoms with Crippen LogP contribution >= 0.6 is 0 Å². The Morgan fingerprint density at radius 3 is 2.64 bits per heavy atom. The fourth-order valence-electron chi connectivity index (χ4n) is 1.00. The van der Waals surface area contributed by atoms with Crippen LogP contribution in [-0.2, 0) is 19.1 Å². The molecule has 78 valence electrons. The first-order chi connectivity index (χ1) is 6.52. The highest BCUT2D eigenvalue weighted by Crippen LogP contribution is 2.20. The van der Waals surface area contributed by atoms with E-state index in [0.29, 0.717) is 0 Å². The fraction of sp³-hybridized carbons (Fsp3) is 0.500. The number of aliphatic hydroxyl groups is 2. The molecule has 0 saturated carbocycles. The number of esters is 2. The van der Waals surface area contributed by atoms with Crippen molar-refractivity contribution >= 4 is 11.9 Å². The predicted molar refractivity (Wildman–Crippen MR) is 43.4 cm³/mol. The van der Waals surface area contributed by atoms with E-state index in [-0.39, 0.29) is 13.0 Å². The average Bonchev–Trinajstić information content (AvgIpc) is 2.33. The number of hydrogen-bond donors (Lipinski definition) is 2. The first kappa shape index (κ1) is 10.4. The molecular weight excluding hydrogens is 192 g/mol. The van der Waals surface area contributed by atoms with E-state index < -0.39 is 29.6 Å². The molecule has 0 aromatic rings. The van der Waals surface area contributed by atoms with Gasteiger partial charge in [0.1, 0.15) is 0 Å². The van der Waals surface area contributed by atoms with Gasteiger partial charge in [-0.15, -0.1) is 0 Å². The summed E-state index contributed by atoms with van der Waals surface area (Å²) in [5.74, 6) is -2.71. The summed E-state index contributed by atoms with van der Waals surface area (Å²) in [7, 11) is 0. The van der Waals surface area contributed by atoms with Gasteiger partial charge in [0.2, 0.25) is 5.76 Å². The summed E-state index contributed by atoms with van der Waals surface area (Å²) < 4.78 is 9.14. The first-order valence-electron chi connectivity index (χ1n) is 3.99. The number of rotatable bonds is 3. The molecule has 0 saturated heterocycles. The first-order valence-corrected chi connectivity index (χ1v) is 3.99. The van der Waals surface area contributed by atoms with Crippen molar-refractivity contribution in [3.05, 3.63) is 11.5 Å². The lowest BCUT2D eigenvalue weighted by Gasteiger charge is -2.08. The molecule has 1 rings (SSSR count). The zero-order valence-electron chi connectivity index (χ0n) is 7.52. The molecule has 0 amide bonds. The smallest absolute Gasteiger partial charge is 0.377 e. The van der Waals surface area contributed by atoms with Gasteiger partial charge in [0.15, 0.2) is 11.9 Å². The maximum absolute atomic E-state index is 10.7. The van der Waals surface area contributed by atoms with Crippen molar-refractivity contribution in [2.75, 3.05) is 6.61 Å². The number of aliphatic hydroxyl groups excluding tert-OH is 2. The number of ether oxygens (including phenoxy) is 2. The second kappa shape index (κ2) is 3.99. The molecule has 1 unspecified atom stereocenters. The molecule has 14 heavy (non-hydrogen) atoms. The van der Waals surface area contributed by atoms with E-state index in [1.165, 1.54) is 6.92 Å². The zero-order valence-corrected chi connectivity index (χ0v) is 7.52. The second-order valence-corrected chi connectivity index (χ2v) is 2.76. The highest BCUT2D eigenvalue weighted by molar-refractivity contribution is 5.88. The Hall–Kier alpha value is -1.72. The number of carbonyl (C=O) groups is 2. The predicted octanol–water partition coefficient (Wildman–Crippen LogP) is 0.193. The zero-order chi connectivity index (χ0) is 10.7. The van der Waals surface area contributed by atoms with Gasteiger partial charge in [-0.1, -0.05) is 0 Å². The summed E-state index contributed by atoms with van der Waals surface area (Å²) in [6.07, 6.45) is -0.789. The molecule has 1 heterocycles. The molecule has 6 nitrogen and oxygen atoms in total. The minimum atomic E-state index is -0.963. The van der Waals surface area contributed by atoms with E-state index in [4.69, 9.17) is 10.2 Å². The standard InChI is InChI=1S/C8H10O6/c1-4(9)13-3-2-5-6(10)7(11)8(12)14-5/h5,10-11H,2-3H2,1H3. The Morgan fingerprint density at radius 1 is 1.57 bits per heavy atom. The van der Waals surface area contributed by atoms with Crippen LogP contribution in [0, 0.1) is 0 Å². The lowest BCUT2D eigenvalue weighted by Crippen LogP contribution is -2.15. The van der Waals surface area contributed by atoms with Crippen molar-refractivity contribution in [1.82, 2.24) is 0 Å². The van der Waals surface area contributed by atoms with Crippen LogP contribution in [0.25, 0.3) is 0 Å². The monoisotopic (exact) mass is 202 g/mol. The normalized spacial score (nSPS) is 20.9. The highest BCUT2D eigenvalue weighted by Gasteiger charge is 2.34. The van der Waals surface area contributed by atoms with Gasteiger partial charge in [-0.3, -0.25) is 4.79 Å². The molecule has 0 radical (unpaired) electrons. The van der Waals surface area contributed by atoms with Gasteiger partial charge in [0.05, 0.1) is 6.61 Å². The fourth-order valence-corrected chi connectivity index (χ4v) is 1.00. The van der Waals surface area contributed by atoms with E-state index in [0.717, 1.165) is 0 Å². The highest BCUT2D eigenvalue weighted by atomic mass is 16.6. The molecule has 0 aromatic heterocycles. The Labute approximate surface area is 79.7 Å². The van der Waals surface area contributed by atoms with Gasteiger partial charge in [0.25, 0.3) is 0 Å². The quantitative estimate of drug-likeness (QED) is 0.634. The van der Waals surface area contributed by atoms with Gasteiger partial charge in [-0.25, -0.2) is 4.79 Å². The number of cyclic esters (lactones) is 1. The van der Waals surface area contributed by atoms with Gasteiger partial charge in [0, 0.05) is 13.3 Å². The Bertz CT molecular complexity index is 292. The molecule has 6 heteroatoms. The largest absolute Gasteiger partial charge is 0.505 e. The lowest BCUT2D eigenvalue weighted by atomic mass is 10.2. The van der Waals surface area contributed by atoms with Gasteiger partial charge in [-0.2, -0.15) is 0 Å². The summed E-state index contributed by atoms with van der Waals surface area (Å²) >= 11 is 0. The average molecular weight is 202 g/mol. The second-order valence-electron chi connectivity index (χ2n) is 2.76. The molecule has 0 aliphatic carbocycles. The minimum absolute atomic E-state index is 0.0185. The Balaban J connectivity index is 2.41. The molecule has 2 N–H and O–H groups in total. The topological polar surface area (TPSA) is 93.1 Å². The molecule has 0 fully saturated rings. The van der Waals surface area contributed by atoms with Crippen molar-refractivity contribution < 1.29 is 29.3 Å². The SMILES string of the molecule is CC(=O)OCCC1OC(=O)C(O)=C1O. The third-order valence-corrected chi connectivity index (χ3v) is 1.68. The van der Waals surface area contributed by atoms with Gasteiger partial charge in [-0.05, 0) is 0 Å². The van der Waals surface area contributed by atoms with E-state index in [2.05, 4.69) is 9.47 Å². The summed E-state index contributed by atoms with van der Waals surface area (Å²) in [5.41, 5.74) is 0. The van der Waals surface area contributed by atoms with Gasteiger partial charge < -0.3 is 19.7 Å². The lowest BCUT2D eigenvalue weighted by molar-refractivity contribution is -0.145. The van der Waals surface area contributed by atoms with E-state index >= 15 is 0 Å². The molecule has 0 aromatic carbocycles. The Kier molecular flexibility index (Phi) is 2.95. The van der Waals surface area contributed by atoms with Crippen molar-refractivity contribution in [3.8, 4) is 0 Å². The van der Waals surface area contributed by atoms with Crippen LogP contribution in [0.5, 0.6) is 0 Å². The van der Waals surface area contributed by atoms with Crippen LogP contribution < -0.4 is 0 Å². The number of carbonyl (C=O) groups excluding carboxylic acids is 2. The molecule has 1 aliphatic heterocycles. The van der Waals surface area contributed by atoms with Crippen molar-refractivity contribution in [1.29, 1.82) is 0 Å². The van der Waals surface area contributed by atoms with E-state index in [1.807, 2.05) is 0 Å². The third-order valence-electron chi connectivity index (χ3n) is 1.68. The van der Waals surface area contributed by atoms with Crippen LogP contribution in [-0.4, -0.2) is 34.9 Å². The summed E-state index contributed by atoms with van der Waals surface area (Å²) in [4.78, 5) is 21.1. The minimum Gasteiger partial charge on any atom is -0.505 e. The van der Waals surface area contributed by atoms with E-state index in [9.17, 15) is 9.59 Å². The van der Waals surface area contributed by atoms with Crippen LogP contribution in [0.1, 0.15) is 13.3 Å². The summed E-state index contributed by atoms with van der Waals surface area (Å²) in [6.45, 7) is 1.26. The number of hydrogen-bond acceptors (Lipinski definition) is 6. The molecule has 1 aliphatic rings. The summed E-state index contributed by atoms with van der Waals surface area (Å²) in [5, 5.41) is 18.0. The molecule has 0 spiro atoms. The van der Waals surface area contributed by atoms with Crippen molar-refractivity contribution in [2.24, 2.45) is 0 Å². The van der Waals surface area contributed by atoms with Crippen LogP contribution in [0.3, 0.4) is 0 Å². The van der Waals surface area contributed by atoms with Gasteiger partial charge >= 0.3 is 11.9 Å². The van der Waals surface area contributed by atoms with Crippen molar-refractivity contribution in [3.63, 3.8) is 0 Å². The van der Waals surface area contributed by atoms with E-state index in [1.54, 1.807) is 0 Å². The molecule has 0 bridgehead atoms. The van der Waals surface area contributed by atoms with Crippen molar-refractivity contribution in [2.45, 2.75) is 19.4 Å². The van der Waals surface area contributed by atoms with Crippen LogP contribution in [0.4, 0.5) is 0 Å². The molecule has 1 atom stereocenters. The maximum atomic E-state index is 10.7. The van der Waals surface area contributed by atoms with Crippen LogP contribution in [0.15, 0.2) is 11.5 Å². The summed E-state index contributed by atoms with van der Waals surface area (Å²) in [6, 6.07) is 0. The third kappa shape index (κ3) is 2.15. The van der Waals surface area contributed by atoms with Crippen LogP contribution in [0.2, 0.25) is 0 Å². The Morgan fingerprint density at radius 2 is 2.21 bits per heavy atom.